The van der Waals surface area contributed by atoms with Gasteiger partial charge in [0.25, 0.3) is 0 Å². The van der Waals surface area contributed by atoms with Gasteiger partial charge in [-0.25, -0.2) is 0 Å². The number of nitrogens with zero attached hydrogens (tertiary/aromatic N) is 1. The lowest BCUT2D eigenvalue weighted by atomic mass is 9.78. The molecule has 0 aromatic heterocycles. The fraction of sp³-hybridized carbons (Fsp3) is 0.875. The van der Waals surface area contributed by atoms with Crippen molar-refractivity contribution >= 4 is 11.8 Å². The van der Waals surface area contributed by atoms with E-state index in [0.717, 1.165) is 44.4 Å². The molecule has 3 fully saturated rings. The lowest BCUT2D eigenvalue weighted by Gasteiger charge is -2.47. The van der Waals surface area contributed by atoms with Crippen LogP contribution < -0.4 is 5.32 Å². The van der Waals surface area contributed by atoms with Crippen LogP contribution in [0.25, 0.3) is 0 Å². The largest absolute Gasteiger partial charge is 0.340 e. The molecular formula is C16H26N2O2. The minimum Gasteiger partial charge on any atom is -0.340 e. The van der Waals surface area contributed by atoms with Gasteiger partial charge < -0.3 is 10.2 Å². The lowest BCUT2D eigenvalue weighted by Crippen LogP contribution is -2.69. The Morgan fingerprint density at radius 2 is 1.70 bits per heavy atom. The number of piperazine rings is 1. The second kappa shape index (κ2) is 5.38. The van der Waals surface area contributed by atoms with Crippen LogP contribution in [0.15, 0.2) is 0 Å². The third-order valence-electron chi connectivity index (χ3n) is 5.50. The molecule has 1 heterocycles. The Hall–Kier alpha value is -1.06. The van der Waals surface area contributed by atoms with Gasteiger partial charge in [0.05, 0.1) is 6.54 Å². The van der Waals surface area contributed by atoms with E-state index < -0.39 is 5.54 Å². The summed E-state index contributed by atoms with van der Waals surface area (Å²) in [5, 5.41) is 3.03. The number of carbonyl (C=O) groups excluding carboxylic acids is 2. The van der Waals surface area contributed by atoms with E-state index >= 15 is 0 Å². The minimum absolute atomic E-state index is 0.0464. The highest BCUT2D eigenvalue weighted by Crippen LogP contribution is 2.35. The first-order valence-electron chi connectivity index (χ1n) is 8.23. The van der Waals surface area contributed by atoms with Crippen LogP contribution in [0.1, 0.15) is 64.7 Å². The van der Waals surface area contributed by atoms with Crippen molar-refractivity contribution < 1.29 is 9.59 Å². The Balaban J connectivity index is 1.76. The zero-order valence-electron chi connectivity index (χ0n) is 12.5. The second-order valence-corrected chi connectivity index (χ2v) is 7.04. The van der Waals surface area contributed by atoms with E-state index in [-0.39, 0.29) is 18.4 Å². The lowest BCUT2D eigenvalue weighted by molar-refractivity contribution is -0.154. The van der Waals surface area contributed by atoms with Crippen molar-refractivity contribution in [2.75, 3.05) is 6.54 Å². The normalized spacial score (nSPS) is 34.1. The van der Waals surface area contributed by atoms with Crippen molar-refractivity contribution in [3.63, 3.8) is 0 Å². The number of carbonyl (C=O) groups is 2. The number of nitrogens with one attached hydrogen (secondary N) is 1. The molecule has 2 amide bonds. The third kappa shape index (κ3) is 2.45. The Morgan fingerprint density at radius 3 is 2.35 bits per heavy atom. The summed E-state index contributed by atoms with van der Waals surface area (Å²) in [6.45, 7) is 2.56. The maximum absolute atomic E-state index is 12.9. The topological polar surface area (TPSA) is 49.4 Å². The van der Waals surface area contributed by atoms with Crippen LogP contribution in [0, 0.1) is 5.92 Å². The van der Waals surface area contributed by atoms with Crippen LogP contribution in [0.4, 0.5) is 0 Å². The average molecular weight is 278 g/mol. The standard InChI is InChI=1S/C16H26N2O2/c1-12-5-7-13(8-6-12)18-11-14(19)17-16(15(18)20)9-3-2-4-10-16/h12-13H,2-11H2,1H3,(H,17,19). The molecule has 2 aliphatic carbocycles. The van der Waals surface area contributed by atoms with Crippen molar-refractivity contribution in [1.82, 2.24) is 10.2 Å². The minimum atomic E-state index is -0.559. The van der Waals surface area contributed by atoms with Crippen LogP contribution in [-0.2, 0) is 9.59 Å². The first-order chi connectivity index (χ1) is 9.61. The molecule has 1 spiro atoms. The average Bonchev–Trinajstić information content (AvgIpc) is 2.45. The molecule has 0 unspecified atom stereocenters. The van der Waals surface area contributed by atoms with E-state index in [1.807, 2.05) is 4.90 Å². The molecule has 0 aromatic rings. The van der Waals surface area contributed by atoms with Crippen LogP contribution in [0.5, 0.6) is 0 Å². The van der Waals surface area contributed by atoms with Gasteiger partial charge in [0.2, 0.25) is 11.8 Å². The van der Waals surface area contributed by atoms with Gasteiger partial charge in [0.15, 0.2) is 0 Å². The predicted octanol–water partition coefficient (Wildman–Crippen LogP) is 2.23. The van der Waals surface area contributed by atoms with E-state index in [0.29, 0.717) is 6.04 Å². The van der Waals surface area contributed by atoms with Gasteiger partial charge in [-0.1, -0.05) is 26.2 Å². The summed E-state index contributed by atoms with van der Waals surface area (Å²) in [4.78, 5) is 26.9. The molecule has 3 aliphatic rings. The highest BCUT2D eigenvalue weighted by atomic mass is 16.2. The second-order valence-electron chi connectivity index (χ2n) is 7.04. The first kappa shape index (κ1) is 13.9. The summed E-state index contributed by atoms with van der Waals surface area (Å²) in [6, 6.07) is 0.295. The summed E-state index contributed by atoms with van der Waals surface area (Å²) < 4.78 is 0. The number of rotatable bonds is 1. The van der Waals surface area contributed by atoms with Crippen molar-refractivity contribution in [2.45, 2.75) is 76.3 Å². The van der Waals surface area contributed by atoms with E-state index in [1.54, 1.807) is 0 Å². The monoisotopic (exact) mass is 278 g/mol. The van der Waals surface area contributed by atoms with Crippen molar-refractivity contribution in [3.05, 3.63) is 0 Å². The van der Waals surface area contributed by atoms with E-state index in [1.165, 1.54) is 19.3 Å². The first-order valence-corrected chi connectivity index (χ1v) is 8.23. The van der Waals surface area contributed by atoms with Crippen molar-refractivity contribution in [2.24, 2.45) is 5.92 Å². The highest BCUT2D eigenvalue weighted by molar-refractivity contribution is 5.98. The van der Waals surface area contributed by atoms with Crippen LogP contribution >= 0.6 is 0 Å². The van der Waals surface area contributed by atoms with Crippen molar-refractivity contribution in [1.29, 1.82) is 0 Å². The van der Waals surface area contributed by atoms with Crippen molar-refractivity contribution in [3.8, 4) is 0 Å². The number of hydrogen-bond acceptors (Lipinski definition) is 2. The molecule has 3 rings (SSSR count). The summed E-state index contributed by atoms with van der Waals surface area (Å²) in [5.41, 5.74) is -0.559. The molecule has 1 N–H and O–H groups in total. The summed E-state index contributed by atoms with van der Waals surface area (Å²) in [7, 11) is 0. The quantitative estimate of drug-likeness (QED) is 0.799. The van der Waals surface area contributed by atoms with Gasteiger partial charge in [-0.15, -0.1) is 0 Å². The molecule has 1 aliphatic heterocycles. The van der Waals surface area contributed by atoms with Gasteiger partial charge >= 0.3 is 0 Å². The number of hydrogen-bond donors (Lipinski definition) is 1. The fourth-order valence-corrected chi connectivity index (χ4v) is 4.20. The Kier molecular flexibility index (Phi) is 3.74. The zero-order valence-corrected chi connectivity index (χ0v) is 12.5. The molecule has 1 saturated heterocycles. The Morgan fingerprint density at radius 1 is 1.05 bits per heavy atom. The molecule has 112 valence electrons. The smallest absolute Gasteiger partial charge is 0.249 e. The third-order valence-corrected chi connectivity index (χ3v) is 5.50. The van der Waals surface area contributed by atoms with Gasteiger partial charge in [-0.05, 0) is 44.4 Å². The Bertz CT molecular complexity index is 393. The van der Waals surface area contributed by atoms with Crippen LogP contribution in [-0.4, -0.2) is 34.8 Å². The van der Waals surface area contributed by atoms with Gasteiger partial charge in [0, 0.05) is 6.04 Å². The Labute approximate surface area is 121 Å². The SMILES string of the molecule is CC1CCC(N2CC(=O)NC3(CCCCC3)C2=O)CC1. The zero-order chi connectivity index (χ0) is 14.2. The van der Waals surface area contributed by atoms with E-state index in [2.05, 4.69) is 12.2 Å². The summed E-state index contributed by atoms with van der Waals surface area (Å²) in [5.74, 6) is 1.02. The molecular weight excluding hydrogens is 252 g/mol. The predicted molar refractivity (Wildman–Crippen MR) is 77.1 cm³/mol. The van der Waals surface area contributed by atoms with E-state index in [9.17, 15) is 9.59 Å². The van der Waals surface area contributed by atoms with E-state index in [4.69, 9.17) is 0 Å². The van der Waals surface area contributed by atoms with Crippen LogP contribution in [0.3, 0.4) is 0 Å². The fourth-order valence-electron chi connectivity index (χ4n) is 4.20. The molecule has 20 heavy (non-hydrogen) atoms. The summed E-state index contributed by atoms with van der Waals surface area (Å²) >= 11 is 0. The molecule has 0 radical (unpaired) electrons. The molecule has 2 saturated carbocycles. The van der Waals surface area contributed by atoms with Gasteiger partial charge in [0.1, 0.15) is 5.54 Å². The summed E-state index contributed by atoms with van der Waals surface area (Å²) in [6.07, 6.45) is 9.46. The molecule has 0 bridgehead atoms. The molecule has 0 aromatic carbocycles. The maximum Gasteiger partial charge on any atom is 0.249 e. The van der Waals surface area contributed by atoms with Crippen LogP contribution in [0.2, 0.25) is 0 Å². The van der Waals surface area contributed by atoms with Gasteiger partial charge in [-0.2, -0.15) is 0 Å². The molecule has 4 nitrogen and oxygen atoms in total. The van der Waals surface area contributed by atoms with Gasteiger partial charge in [-0.3, -0.25) is 9.59 Å². The molecule has 0 atom stereocenters. The molecule has 4 heteroatoms. The maximum atomic E-state index is 12.9. The number of amides is 2. The highest BCUT2D eigenvalue weighted by Gasteiger charge is 2.48.